The number of hydrogen-bond acceptors (Lipinski definition) is 2. The molecule has 0 radical (unpaired) electrons. The molecule has 2 heteroatoms. The lowest BCUT2D eigenvalue weighted by Crippen LogP contribution is -2.47. The Labute approximate surface area is 113 Å². The maximum Gasteiger partial charge on any atom is 0.0695 e. The van der Waals surface area contributed by atoms with Crippen molar-refractivity contribution in [3.8, 4) is 0 Å². The van der Waals surface area contributed by atoms with E-state index in [1.54, 1.807) is 0 Å². The fraction of sp³-hybridized carbons (Fsp3) is 1.00. The summed E-state index contributed by atoms with van der Waals surface area (Å²) in [4.78, 5) is 2.47. The summed E-state index contributed by atoms with van der Waals surface area (Å²) in [5.74, 6) is 1.73. The largest absolute Gasteiger partial charge is 0.391 e. The minimum atomic E-state index is -0.0820. The molecule has 0 aliphatic heterocycles. The maximum atomic E-state index is 10.2. The highest BCUT2D eigenvalue weighted by atomic mass is 16.3. The van der Waals surface area contributed by atoms with Gasteiger partial charge in [0, 0.05) is 12.6 Å². The molecule has 0 aromatic heterocycles. The third-order valence-corrected chi connectivity index (χ3v) is 5.30. The molecule has 0 heterocycles. The van der Waals surface area contributed by atoms with Crippen molar-refractivity contribution in [2.24, 2.45) is 11.8 Å². The lowest BCUT2D eigenvalue weighted by Gasteiger charge is -2.40. The van der Waals surface area contributed by atoms with Gasteiger partial charge in [-0.15, -0.1) is 0 Å². The van der Waals surface area contributed by atoms with E-state index in [0.29, 0.717) is 6.04 Å². The average Bonchev–Trinajstić information content (AvgIpc) is 2.40. The van der Waals surface area contributed by atoms with Gasteiger partial charge in [-0.05, 0) is 51.0 Å². The molecule has 2 aliphatic rings. The second kappa shape index (κ2) is 6.91. The van der Waals surface area contributed by atoms with Crippen LogP contribution < -0.4 is 0 Å². The lowest BCUT2D eigenvalue weighted by atomic mass is 9.81. The highest BCUT2D eigenvalue weighted by molar-refractivity contribution is 4.86. The molecular formula is C16H31NO. The molecule has 3 atom stereocenters. The van der Waals surface area contributed by atoms with Crippen LogP contribution in [0.2, 0.25) is 0 Å². The Morgan fingerprint density at radius 2 is 1.72 bits per heavy atom. The summed E-state index contributed by atoms with van der Waals surface area (Å²) in [5, 5.41) is 10.2. The lowest BCUT2D eigenvalue weighted by molar-refractivity contribution is 0.00585. The fourth-order valence-corrected chi connectivity index (χ4v) is 3.97. The number of aliphatic hydroxyl groups excluding tert-OH is 1. The number of likely N-dealkylation sites (N-methyl/N-ethyl adjacent to an activating group) is 1. The van der Waals surface area contributed by atoms with Gasteiger partial charge in [0.15, 0.2) is 0 Å². The minimum absolute atomic E-state index is 0.0820. The van der Waals surface area contributed by atoms with E-state index in [1.807, 2.05) is 0 Å². The van der Waals surface area contributed by atoms with E-state index in [9.17, 15) is 5.11 Å². The van der Waals surface area contributed by atoms with Crippen LogP contribution in [0.3, 0.4) is 0 Å². The molecule has 2 saturated carbocycles. The van der Waals surface area contributed by atoms with Crippen LogP contribution in [0.15, 0.2) is 0 Å². The molecule has 0 amide bonds. The Morgan fingerprint density at radius 1 is 1.00 bits per heavy atom. The van der Waals surface area contributed by atoms with Crippen LogP contribution in [0, 0.1) is 11.8 Å². The topological polar surface area (TPSA) is 23.5 Å². The number of hydrogen-bond donors (Lipinski definition) is 1. The van der Waals surface area contributed by atoms with Crippen molar-refractivity contribution in [3.05, 3.63) is 0 Å². The molecule has 2 aliphatic carbocycles. The van der Waals surface area contributed by atoms with Crippen molar-refractivity contribution in [1.82, 2.24) is 4.90 Å². The van der Waals surface area contributed by atoms with Crippen molar-refractivity contribution < 1.29 is 5.11 Å². The van der Waals surface area contributed by atoms with Gasteiger partial charge in [-0.25, -0.2) is 0 Å². The third-order valence-electron chi connectivity index (χ3n) is 5.30. The molecule has 2 fully saturated rings. The van der Waals surface area contributed by atoms with Gasteiger partial charge in [-0.2, -0.15) is 0 Å². The molecule has 1 N–H and O–H groups in total. The van der Waals surface area contributed by atoms with Gasteiger partial charge in [0.25, 0.3) is 0 Å². The minimum Gasteiger partial charge on any atom is -0.391 e. The van der Waals surface area contributed by atoms with E-state index < -0.39 is 0 Å². The third kappa shape index (κ3) is 3.71. The van der Waals surface area contributed by atoms with E-state index in [0.717, 1.165) is 18.3 Å². The summed E-state index contributed by atoms with van der Waals surface area (Å²) in [5.41, 5.74) is 0. The quantitative estimate of drug-likeness (QED) is 0.829. The highest BCUT2D eigenvalue weighted by Crippen LogP contribution is 2.31. The SMILES string of the molecule is CCC1CCC(O)C(N(C)CC2CCCCC2)C1. The molecule has 18 heavy (non-hydrogen) atoms. The van der Waals surface area contributed by atoms with E-state index in [-0.39, 0.29) is 6.10 Å². The molecular weight excluding hydrogens is 222 g/mol. The summed E-state index contributed by atoms with van der Waals surface area (Å²) in [6.07, 6.45) is 11.7. The summed E-state index contributed by atoms with van der Waals surface area (Å²) in [6, 6.07) is 0.422. The van der Waals surface area contributed by atoms with Gasteiger partial charge >= 0.3 is 0 Å². The van der Waals surface area contributed by atoms with Gasteiger partial charge in [0.05, 0.1) is 6.10 Å². The molecule has 106 valence electrons. The molecule has 0 aromatic carbocycles. The number of nitrogens with zero attached hydrogens (tertiary/aromatic N) is 1. The van der Waals surface area contributed by atoms with E-state index in [1.165, 1.54) is 57.9 Å². The molecule has 3 unspecified atom stereocenters. The molecule has 2 rings (SSSR count). The van der Waals surface area contributed by atoms with Crippen LogP contribution in [-0.4, -0.2) is 35.7 Å². The summed E-state index contributed by atoms with van der Waals surface area (Å²) < 4.78 is 0. The maximum absolute atomic E-state index is 10.2. The van der Waals surface area contributed by atoms with Crippen molar-refractivity contribution in [1.29, 1.82) is 0 Å². The van der Waals surface area contributed by atoms with Crippen molar-refractivity contribution in [2.45, 2.75) is 76.9 Å². The Bertz CT molecular complexity index is 237. The highest BCUT2D eigenvalue weighted by Gasteiger charge is 2.32. The summed E-state index contributed by atoms with van der Waals surface area (Å²) in [6.45, 7) is 3.50. The molecule has 0 aromatic rings. The van der Waals surface area contributed by atoms with Crippen molar-refractivity contribution in [3.63, 3.8) is 0 Å². The zero-order valence-corrected chi connectivity index (χ0v) is 12.3. The monoisotopic (exact) mass is 253 g/mol. The average molecular weight is 253 g/mol. The van der Waals surface area contributed by atoms with Gasteiger partial charge < -0.3 is 10.0 Å². The smallest absolute Gasteiger partial charge is 0.0695 e. The first-order valence-corrected chi connectivity index (χ1v) is 8.09. The molecule has 0 bridgehead atoms. The van der Waals surface area contributed by atoms with Gasteiger partial charge in [-0.3, -0.25) is 0 Å². The predicted molar refractivity (Wildman–Crippen MR) is 76.6 cm³/mol. The molecule has 2 nitrogen and oxygen atoms in total. The van der Waals surface area contributed by atoms with E-state index >= 15 is 0 Å². The van der Waals surface area contributed by atoms with Crippen LogP contribution in [0.1, 0.15) is 64.7 Å². The van der Waals surface area contributed by atoms with Gasteiger partial charge in [-0.1, -0.05) is 32.6 Å². The first-order chi connectivity index (χ1) is 8.70. The van der Waals surface area contributed by atoms with E-state index in [2.05, 4.69) is 18.9 Å². The van der Waals surface area contributed by atoms with Crippen LogP contribution in [-0.2, 0) is 0 Å². The zero-order chi connectivity index (χ0) is 13.0. The Kier molecular flexibility index (Phi) is 5.50. The van der Waals surface area contributed by atoms with Crippen LogP contribution >= 0.6 is 0 Å². The summed E-state index contributed by atoms with van der Waals surface area (Å²) in [7, 11) is 2.24. The number of aliphatic hydroxyl groups is 1. The Hall–Kier alpha value is -0.0800. The first-order valence-electron chi connectivity index (χ1n) is 8.09. The van der Waals surface area contributed by atoms with Crippen LogP contribution in [0.4, 0.5) is 0 Å². The van der Waals surface area contributed by atoms with Gasteiger partial charge in [0.2, 0.25) is 0 Å². The van der Waals surface area contributed by atoms with Crippen LogP contribution in [0.25, 0.3) is 0 Å². The second-order valence-electron chi connectivity index (χ2n) is 6.67. The first kappa shape index (κ1) is 14.3. The normalized spacial score (nSPS) is 35.0. The predicted octanol–water partition coefficient (Wildman–Crippen LogP) is 3.44. The number of rotatable bonds is 4. The van der Waals surface area contributed by atoms with E-state index in [4.69, 9.17) is 0 Å². The Morgan fingerprint density at radius 3 is 2.39 bits per heavy atom. The zero-order valence-electron chi connectivity index (χ0n) is 12.3. The van der Waals surface area contributed by atoms with Crippen molar-refractivity contribution in [2.75, 3.05) is 13.6 Å². The van der Waals surface area contributed by atoms with Gasteiger partial charge in [0.1, 0.15) is 0 Å². The molecule has 0 spiro atoms. The van der Waals surface area contributed by atoms with Crippen LogP contribution in [0.5, 0.6) is 0 Å². The van der Waals surface area contributed by atoms with Crippen molar-refractivity contribution >= 4 is 0 Å². The Balaban J connectivity index is 1.83. The fourth-order valence-electron chi connectivity index (χ4n) is 3.97. The molecule has 0 saturated heterocycles. The standard InChI is InChI=1S/C16H31NO/c1-3-13-9-10-16(18)15(11-13)17(2)12-14-7-5-4-6-8-14/h13-16,18H,3-12H2,1-2H3. The summed E-state index contributed by atoms with van der Waals surface area (Å²) >= 11 is 0. The second-order valence-corrected chi connectivity index (χ2v) is 6.67.